The van der Waals surface area contributed by atoms with E-state index in [0.717, 1.165) is 37.2 Å². The molecular formula is C13H17N3O10S. The number of hydrogen-bond donors (Lipinski definition) is 0. The van der Waals surface area contributed by atoms with Gasteiger partial charge in [-0.25, -0.2) is 4.98 Å². The first-order valence-electron chi connectivity index (χ1n) is 7.50. The number of nitro groups is 1. The van der Waals surface area contributed by atoms with Gasteiger partial charge in [0.25, 0.3) is 10.1 Å². The summed E-state index contributed by atoms with van der Waals surface area (Å²) in [5.41, 5.74) is 0. The Bertz CT molecular complexity index is 835. The first kappa shape index (κ1) is 20.7. The third-order valence-electron chi connectivity index (χ3n) is 3.44. The lowest BCUT2D eigenvalue weighted by atomic mass is 10.1. The van der Waals surface area contributed by atoms with Crippen molar-refractivity contribution in [2.45, 2.75) is 38.4 Å². The zero-order valence-corrected chi connectivity index (χ0v) is 15.3. The molecule has 27 heavy (non-hydrogen) atoms. The zero-order chi connectivity index (χ0) is 20.4. The van der Waals surface area contributed by atoms with Crippen LogP contribution in [0.4, 0.5) is 5.82 Å². The van der Waals surface area contributed by atoms with Crippen LogP contribution in [0.5, 0.6) is 0 Å². The van der Waals surface area contributed by atoms with Crippen molar-refractivity contribution in [1.29, 1.82) is 0 Å². The Morgan fingerprint density at radius 2 is 1.89 bits per heavy atom. The molecule has 2 heterocycles. The van der Waals surface area contributed by atoms with Crippen molar-refractivity contribution in [3.05, 3.63) is 22.6 Å². The molecule has 0 aromatic carbocycles. The topological polar surface area (TPSA) is 166 Å². The van der Waals surface area contributed by atoms with Gasteiger partial charge in [-0.1, -0.05) is 0 Å². The monoisotopic (exact) mass is 407 g/mol. The van der Waals surface area contributed by atoms with E-state index in [9.17, 15) is 28.1 Å². The van der Waals surface area contributed by atoms with Gasteiger partial charge in [-0.15, -0.1) is 0 Å². The summed E-state index contributed by atoms with van der Waals surface area (Å²) in [5.74, 6) is -1.99. The Kier molecular flexibility index (Phi) is 6.12. The number of nitrogens with zero attached hydrogens (tertiary/aromatic N) is 3. The Morgan fingerprint density at radius 3 is 2.41 bits per heavy atom. The van der Waals surface area contributed by atoms with Crippen molar-refractivity contribution < 1.29 is 41.3 Å². The van der Waals surface area contributed by atoms with Crippen LogP contribution in [-0.4, -0.2) is 66.0 Å². The minimum Gasteiger partial charge on any atom is -0.455 e. The summed E-state index contributed by atoms with van der Waals surface area (Å²) in [6.07, 6.45) is -2.20. The van der Waals surface area contributed by atoms with E-state index in [1.807, 2.05) is 0 Å². The summed E-state index contributed by atoms with van der Waals surface area (Å²) in [4.78, 5) is 37.0. The third-order valence-corrected chi connectivity index (χ3v) is 4.01. The minimum atomic E-state index is -3.85. The number of carbonyl (C=O) groups is 2. The molecule has 1 aromatic rings. The van der Waals surface area contributed by atoms with Crippen molar-refractivity contribution >= 4 is 27.9 Å². The van der Waals surface area contributed by atoms with E-state index in [1.165, 1.54) is 0 Å². The molecule has 1 aliphatic heterocycles. The Morgan fingerprint density at radius 1 is 1.30 bits per heavy atom. The minimum absolute atomic E-state index is 0.469. The highest BCUT2D eigenvalue weighted by Gasteiger charge is 2.53. The summed E-state index contributed by atoms with van der Waals surface area (Å²) in [7, 11) is -3.85. The normalized spacial score (nSPS) is 25.1. The van der Waals surface area contributed by atoms with Crippen molar-refractivity contribution in [2.24, 2.45) is 0 Å². The lowest BCUT2D eigenvalue weighted by Crippen LogP contribution is -2.40. The van der Waals surface area contributed by atoms with Crippen LogP contribution < -0.4 is 0 Å². The average molecular weight is 407 g/mol. The standard InChI is InChI=1S/C13H17N3O10S/c1-7(17)24-11-9(5-23-27(3,21)22)26-13(12(11)25-8(2)18)15-6-14-4-10(15)16(19)20/h4,6,9,11-13H,5H2,1-3H3. The fourth-order valence-electron chi connectivity index (χ4n) is 2.54. The average Bonchev–Trinajstić information content (AvgIpc) is 3.10. The quantitative estimate of drug-likeness (QED) is 0.248. The van der Waals surface area contributed by atoms with Crippen LogP contribution in [-0.2, 0) is 38.1 Å². The second-order valence-corrected chi connectivity index (χ2v) is 7.26. The molecule has 150 valence electrons. The second kappa shape index (κ2) is 7.98. The molecule has 14 heteroatoms. The number of carbonyl (C=O) groups excluding carboxylic acids is 2. The smallest absolute Gasteiger partial charge is 0.344 e. The van der Waals surface area contributed by atoms with Crippen molar-refractivity contribution in [3.8, 4) is 0 Å². The highest BCUT2D eigenvalue weighted by molar-refractivity contribution is 7.85. The maximum atomic E-state index is 11.5. The number of rotatable bonds is 7. The van der Waals surface area contributed by atoms with E-state index in [-0.39, 0.29) is 0 Å². The zero-order valence-electron chi connectivity index (χ0n) is 14.5. The Hall–Kier alpha value is -2.58. The molecule has 13 nitrogen and oxygen atoms in total. The maximum absolute atomic E-state index is 11.5. The highest BCUT2D eigenvalue weighted by atomic mass is 32.2. The molecule has 0 spiro atoms. The van der Waals surface area contributed by atoms with Gasteiger partial charge in [-0.3, -0.25) is 13.8 Å². The number of imidazole rings is 1. The molecule has 0 bridgehead atoms. The lowest BCUT2D eigenvalue weighted by Gasteiger charge is -2.22. The fourth-order valence-corrected chi connectivity index (χ4v) is 2.92. The molecule has 0 amide bonds. The van der Waals surface area contributed by atoms with E-state index < -0.39 is 63.9 Å². The first-order valence-corrected chi connectivity index (χ1v) is 9.31. The van der Waals surface area contributed by atoms with Gasteiger partial charge in [0.05, 0.1) is 12.9 Å². The second-order valence-electron chi connectivity index (χ2n) is 5.62. The van der Waals surface area contributed by atoms with Gasteiger partial charge in [0.1, 0.15) is 12.3 Å². The van der Waals surface area contributed by atoms with E-state index >= 15 is 0 Å². The van der Waals surface area contributed by atoms with Crippen LogP contribution in [0.25, 0.3) is 0 Å². The van der Waals surface area contributed by atoms with E-state index in [1.54, 1.807) is 0 Å². The molecule has 1 aliphatic rings. The van der Waals surface area contributed by atoms with E-state index in [0.29, 0.717) is 0 Å². The van der Waals surface area contributed by atoms with Gasteiger partial charge in [-0.2, -0.15) is 13.0 Å². The molecule has 1 fully saturated rings. The lowest BCUT2D eigenvalue weighted by molar-refractivity contribution is -0.394. The summed E-state index contributed by atoms with van der Waals surface area (Å²) in [6.45, 7) is 1.62. The van der Waals surface area contributed by atoms with Crippen LogP contribution in [0.2, 0.25) is 0 Å². The Balaban J connectivity index is 2.41. The molecule has 1 aromatic heterocycles. The van der Waals surface area contributed by atoms with Crippen LogP contribution in [0.3, 0.4) is 0 Å². The van der Waals surface area contributed by atoms with Crippen LogP contribution >= 0.6 is 0 Å². The summed E-state index contributed by atoms with van der Waals surface area (Å²) < 4.78 is 44.0. The van der Waals surface area contributed by atoms with Gasteiger partial charge in [-0.05, 0) is 4.92 Å². The first-order chi connectivity index (χ1) is 12.5. The number of esters is 2. The predicted octanol–water partition coefficient (Wildman–Crippen LogP) is -0.472. The molecule has 2 rings (SSSR count). The molecule has 0 aliphatic carbocycles. The third kappa shape index (κ3) is 5.21. The maximum Gasteiger partial charge on any atom is 0.344 e. The van der Waals surface area contributed by atoms with Gasteiger partial charge in [0, 0.05) is 13.8 Å². The highest BCUT2D eigenvalue weighted by Crippen LogP contribution is 2.36. The van der Waals surface area contributed by atoms with Crippen LogP contribution in [0.15, 0.2) is 12.5 Å². The summed E-state index contributed by atoms with van der Waals surface area (Å²) in [6, 6.07) is 0. The van der Waals surface area contributed by atoms with Crippen LogP contribution in [0.1, 0.15) is 20.1 Å². The largest absolute Gasteiger partial charge is 0.455 e. The van der Waals surface area contributed by atoms with Gasteiger partial charge < -0.3 is 24.3 Å². The van der Waals surface area contributed by atoms with Crippen molar-refractivity contribution in [2.75, 3.05) is 12.9 Å². The van der Waals surface area contributed by atoms with E-state index in [2.05, 4.69) is 9.17 Å². The molecule has 0 radical (unpaired) electrons. The molecule has 0 N–H and O–H groups in total. The molecular weight excluding hydrogens is 390 g/mol. The predicted molar refractivity (Wildman–Crippen MR) is 84.7 cm³/mol. The number of hydrogen-bond acceptors (Lipinski definition) is 11. The number of aromatic nitrogens is 2. The van der Waals surface area contributed by atoms with Crippen LogP contribution in [0, 0.1) is 10.1 Å². The van der Waals surface area contributed by atoms with Gasteiger partial charge in [0.2, 0.25) is 12.3 Å². The van der Waals surface area contributed by atoms with Crippen molar-refractivity contribution in [1.82, 2.24) is 9.55 Å². The molecule has 4 unspecified atom stereocenters. The molecule has 4 atom stereocenters. The molecule has 0 saturated carbocycles. The van der Waals surface area contributed by atoms with Gasteiger partial charge >= 0.3 is 17.8 Å². The summed E-state index contributed by atoms with van der Waals surface area (Å²) in [5, 5.41) is 11.2. The fraction of sp³-hybridized carbons (Fsp3) is 0.615. The van der Waals surface area contributed by atoms with Gasteiger partial charge in [0.15, 0.2) is 12.4 Å². The molecule has 1 saturated heterocycles. The van der Waals surface area contributed by atoms with Crippen molar-refractivity contribution in [3.63, 3.8) is 0 Å². The SMILES string of the molecule is CC(=O)OC1C(COS(C)(=O)=O)OC(n2cncc2[N+](=O)[O-])C1OC(C)=O. The number of ether oxygens (including phenoxy) is 3. The summed E-state index contributed by atoms with van der Waals surface area (Å²) >= 11 is 0. The Labute approximate surface area is 153 Å². The van der Waals surface area contributed by atoms with E-state index in [4.69, 9.17) is 14.2 Å².